The van der Waals surface area contributed by atoms with Crippen molar-refractivity contribution in [1.29, 1.82) is 0 Å². The minimum absolute atomic E-state index is 0.293. The number of allylic oxidation sites excluding steroid dienone is 2. The molecule has 4 nitrogen and oxygen atoms in total. The van der Waals surface area contributed by atoms with E-state index >= 15 is 0 Å². The molecule has 0 saturated heterocycles. The van der Waals surface area contributed by atoms with Crippen molar-refractivity contribution in [2.24, 2.45) is 5.92 Å². The maximum atomic E-state index is 11.3. The fourth-order valence-corrected chi connectivity index (χ4v) is 2.31. The van der Waals surface area contributed by atoms with Crippen LogP contribution < -0.4 is 0 Å². The molecule has 3 atom stereocenters. The van der Waals surface area contributed by atoms with Crippen molar-refractivity contribution in [1.82, 2.24) is 0 Å². The van der Waals surface area contributed by atoms with E-state index in [2.05, 4.69) is 0 Å². The molecule has 0 aromatic carbocycles. The van der Waals surface area contributed by atoms with E-state index in [4.69, 9.17) is 4.74 Å². The lowest BCUT2D eigenvalue weighted by atomic mass is 9.81. The molecule has 0 heterocycles. The zero-order chi connectivity index (χ0) is 14.3. The standard InChI is InChI=1S/C15H24O4/c1-3-12(16)8-7-11-19-15(4-2)10-6-5-9-13(15)14(17)18/h5-6,9-10,12-13,16H,3-4,7-8,11H2,1-2H3,(H,17,18). The van der Waals surface area contributed by atoms with Gasteiger partial charge in [0.1, 0.15) is 11.5 Å². The molecule has 0 aromatic heterocycles. The van der Waals surface area contributed by atoms with Crippen LogP contribution in [0.5, 0.6) is 0 Å². The third-order valence-electron chi connectivity index (χ3n) is 3.66. The van der Waals surface area contributed by atoms with E-state index in [9.17, 15) is 15.0 Å². The number of rotatable bonds is 8. The van der Waals surface area contributed by atoms with E-state index in [1.54, 1.807) is 12.2 Å². The summed E-state index contributed by atoms with van der Waals surface area (Å²) < 4.78 is 5.86. The number of carboxylic acid groups (broad SMARTS) is 1. The van der Waals surface area contributed by atoms with Gasteiger partial charge in [0.15, 0.2) is 0 Å². The largest absolute Gasteiger partial charge is 0.481 e. The molecule has 19 heavy (non-hydrogen) atoms. The third kappa shape index (κ3) is 4.18. The Bertz CT molecular complexity index is 348. The van der Waals surface area contributed by atoms with Gasteiger partial charge in [-0.15, -0.1) is 0 Å². The van der Waals surface area contributed by atoms with Crippen LogP contribution in [0.15, 0.2) is 24.3 Å². The minimum atomic E-state index is -0.865. The number of aliphatic hydroxyl groups is 1. The van der Waals surface area contributed by atoms with Crippen molar-refractivity contribution in [3.05, 3.63) is 24.3 Å². The van der Waals surface area contributed by atoms with Gasteiger partial charge in [-0.25, -0.2) is 0 Å². The number of carbonyl (C=O) groups is 1. The summed E-state index contributed by atoms with van der Waals surface area (Å²) in [4.78, 5) is 11.3. The van der Waals surface area contributed by atoms with Crippen LogP contribution in [0.4, 0.5) is 0 Å². The molecule has 4 heteroatoms. The Labute approximate surface area is 114 Å². The molecule has 0 aliphatic heterocycles. The highest BCUT2D eigenvalue weighted by molar-refractivity contribution is 5.75. The van der Waals surface area contributed by atoms with Gasteiger partial charge >= 0.3 is 5.97 Å². The summed E-state index contributed by atoms with van der Waals surface area (Å²) in [5.41, 5.74) is -0.752. The summed E-state index contributed by atoms with van der Waals surface area (Å²) in [7, 11) is 0. The lowest BCUT2D eigenvalue weighted by Crippen LogP contribution is -2.43. The Kier molecular flexibility index (Phi) is 6.25. The van der Waals surface area contributed by atoms with Gasteiger partial charge in [0.05, 0.1) is 6.10 Å². The number of aliphatic carboxylic acids is 1. The van der Waals surface area contributed by atoms with Crippen LogP contribution >= 0.6 is 0 Å². The molecule has 0 saturated carbocycles. The number of aliphatic hydroxyl groups excluding tert-OH is 1. The Hall–Kier alpha value is -1.13. The van der Waals surface area contributed by atoms with Crippen molar-refractivity contribution in [3.63, 3.8) is 0 Å². The molecule has 1 rings (SSSR count). The first kappa shape index (κ1) is 15.9. The number of carboxylic acids is 1. The number of hydrogen-bond donors (Lipinski definition) is 2. The van der Waals surface area contributed by atoms with Crippen LogP contribution in [0.3, 0.4) is 0 Å². The molecule has 0 amide bonds. The Morgan fingerprint density at radius 3 is 2.74 bits per heavy atom. The van der Waals surface area contributed by atoms with E-state index in [0.29, 0.717) is 19.4 Å². The van der Waals surface area contributed by atoms with Gasteiger partial charge in [-0.05, 0) is 25.7 Å². The Morgan fingerprint density at radius 1 is 1.42 bits per heavy atom. The van der Waals surface area contributed by atoms with Crippen LogP contribution in [-0.2, 0) is 9.53 Å². The molecule has 0 radical (unpaired) electrons. The van der Waals surface area contributed by atoms with Gasteiger partial charge in [-0.2, -0.15) is 0 Å². The van der Waals surface area contributed by atoms with Crippen molar-refractivity contribution < 1.29 is 19.7 Å². The van der Waals surface area contributed by atoms with Crippen molar-refractivity contribution in [2.45, 2.75) is 51.2 Å². The summed E-state index contributed by atoms with van der Waals surface area (Å²) in [5, 5.41) is 18.8. The minimum Gasteiger partial charge on any atom is -0.481 e. The molecule has 1 aliphatic carbocycles. The van der Waals surface area contributed by atoms with Gasteiger partial charge in [0.25, 0.3) is 0 Å². The fraction of sp³-hybridized carbons (Fsp3) is 0.667. The molecule has 108 valence electrons. The van der Waals surface area contributed by atoms with Crippen LogP contribution in [0.1, 0.15) is 39.5 Å². The predicted molar refractivity (Wildman–Crippen MR) is 73.9 cm³/mol. The molecule has 0 aromatic rings. The lowest BCUT2D eigenvalue weighted by molar-refractivity contribution is -0.150. The zero-order valence-corrected chi connectivity index (χ0v) is 11.7. The molecular formula is C15H24O4. The first-order valence-corrected chi connectivity index (χ1v) is 6.96. The van der Waals surface area contributed by atoms with E-state index < -0.39 is 17.5 Å². The van der Waals surface area contributed by atoms with Crippen molar-refractivity contribution in [2.75, 3.05) is 6.61 Å². The summed E-state index contributed by atoms with van der Waals surface area (Å²) in [6.45, 7) is 4.33. The van der Waals surface area contributed by atoms with Crippen LogP contribution in [0.2, 0.25) is 0 Å². The summed E-state index contributed by atoms with van der Waals surface area (Å²) >= 11 is 0. The van der Waals surface area contributed by atoms with Crippen LogP contribution in [-0.4, -0.2) is 34.5 Å². The first-order chi connectivity index (χ1) is 9.05. The highest BCUT2D eigenvalue weighted by Gasteiger charge is 2.40. The van der Waals surface area contributed by atoms with E-state index in [-0.39, 0.29) is 6.10 Å². The van der Waals surface area contributed by atoms with Crippen LogP contribution in [0, 0.1) is 5.92 Å². The second kappa shape index (κ2) is 7.46. The fourth-order valence-electron chi connectivity index (χ4n) is 2.31. The van der Waals surface area contributed by atoms with Gasteiger partial charge in [0.2, 0.25) is 0 Å². The average Bonchev–Trinajstić information content (AvgIpc) is 2.43. The number of ether oxygens (including phenoxy) is 1. The summed E-state index contributed by atoms with van der Waals surface area (Å²) in [6, 6.07) is 0. The van der Waals surface area contributed by atoms with Crippen molar-refractivity contribution in [3.8, 4) is 0 Å². The SMILES string of the molecule is CCC(O)CCCOC1(CC)C=CC=CC1C(=O)O. The number of hydrogen-bond acceptors (Lipinski definition) is 3. The summed E-state index contributed by atoms with van der Waals surface area (Å²) in [5.74, 6) is -1.50. The first-order valence-electron chi connectivity index (χ1n) is 6.96. The maximum Gasteiger partial charge on any atom is 0.313 e. The maximum absolute atomic E-state index is 11.3. The molecule has 3 unspecified atom stereocenters. The van der Waals surface area contributed by atoms with E-state index in [1.807, 2.05) is 26.0 Å². The molecule has 0 spiro atoms. The van der Waals surface area contributed by atoms with Gasteiger partial charge in [-0.3, -0.25) is 4.79 Å². The highest BCUT2D eigenvalue weighted by Crippen LogP contribution is 2.32. The molecule has 0 fully saturated rings. The van der Waals surface area contributed by atoms with Crippen LogP contribution in [0.25, 0.3) is 0 Å². The van der Waals surface area contributed by atoms with Crippen molar-refractivity contribution >= 4 is 5.97 Å². The molecular weight excluding hydrogens is 244 g/mol. The predicted octanol–water partition coefficient (Wildman–Crippen LogP) is 2.53. The zero-order valence-electron chi connectivity index (χ0n) is 11.7. The monoisotopic (exact) mass is 268 g/mol. The third-order valence-corrected chi connectivity index (χ3v) is 3.66. The lowest BCUT2D eigenvalue weighted by Gasteiger charge is -2.35. The Morgan fingerprint density at radius 2 is 2.16 bits per heavy atom. The second-order valence-electron chi connectivity index (χ2n) is 4.92. The summed E-state index contributed by atoms with van der Waals surface area (Å²) in [6.07, 6.45) is 9.57. The van der Waals surface area contributed by atoms with Gasteiger partial charge < -0.3 is 14.9 Å². The molecule has 0 bridgehead atoms. The molecule has 1 aliphatic rings. The Balaban J connectivity index is 2.57. The average molecular weight is 268 g/mol. The van der Waals surface area contributed by atoms with E-state index in [0.717, 1.165) is 12.8 Å². The van der Waals surface area contributed by atoms with Gasteiger partial charge in [0, 0.05) is 6.61 Å². The van der Waals surface area contributed by atoms with E-state index in [1.165, 1.54) is 0 Å². The highest BCUT2D eigenvalue weighted by atomic mass is 16.5. The smallest absolute Gasteiger partial charge is 0.313 e. The topological polar surface area (TPSA) is 66.8 Å². The van der Waals surface area contributed by atoms with Gasteiger partial charge in [-0.1, -0.05) is 38.2 Å². The normalized spacial score (nSPS) is 27.4. The second-order valence-corrected chi connectivity index (χ2v) is 4.92. The quantitative estimate of drug-likeness (QED) is 0.664. The molecule has 2 N–H and O–H groups in total.